The fraction of sp³-hybridized carbons (Fsp3) is 0.458. The minimum absolute atomic E-state index is 0.148. The highest BCUT2D eigenvalue weighted by Crippen LogP contribution is 2.43. The Morgan fingerprint density at radius 1 is 1.28 bits per heavy atom. The lowest BCUT2D eigenvalue weighted by Crippen LogP contribution is -2.56. The van der Waals surface area contributed by atoms with Crippen LogP contribution in [0.5, 0.6) is 0 Å². The highest BCUT2D eigenvalue weighted by atomic mass is 15.4. The minimum Gasteiger partial charge on any atom is -0.297 e. The Labute approximate surface area is 172 Å². The van der Waals surface area contributed by atoms with E-state index in [9.17, 15) is 0 Å². The minimum atomic E-state index is 0.148. The number of pyridine rings is 1. The van der Waals surface area contributed by atoms with Gasteiger partial charge in [-0.1, -0.05) is 42.8 Å². The summed E-state index contributed by atoms with van der Waals surface area (Å²) in [5.41, 5.74) is 3.43. The molecule has 3 aromatic rings. The molecule has 5 nitrogen and oxygen atoms in total. The molecule has 0 spiro atoms. The summed E-state index contributed by atoms with van der Waals surface area (Å²) in [7, 11) is 0. The Bertz CT molecular complexity index is 1000. The van der Waals surface area contributed by atoms with Gasteiger partial charge in [0.1, 0.15) is 0 Å². The van der Waals surface area contributed by atoms with Gasteiger partial charge in [-0.15, -0.1) is 11.7 Å². The van der Waals surface area contributed by atoms with Gasteiger partial charge in [0.15, 0.2) is 0 Å². The maximum Gasteiger partial charge on any atom is 0.0948 e. The van der Waals surface area contributed by atoms with Gasteiger partial charge >= 0.3 is 0 Å². The number of piperidine rings is 3. The smallest absolute Gasteiger partial charge is 0.0948 e. The predicted octanol–water partition coefficient (Wildman–Crippen LogP) is 4.26. The first-order chi connectivity index (χ1) is 14.3. The highest BCUT2D eigenvalue weighted by molar-refractivity contribution is 5.82. The normalized spacial score (nSPS) is 27.2. The van der Waals surface area contributed by atoms with Crippen LogP contribution < -0.4 is 0 Å². The van der Waals surface area contributed by atoms with Crippen LogP contribution in [0.4, 0.5) is 0 Å². The summed E-state index contributed by atoms with van der Waals surface area (Å²) in [6.45, 7) is 8.55. The Morgan fingerprint density at radius 2 is 2.17 bits per heavy atom. The average molecular weight is 388 g/mol. The van der Waals surface area contributed by atoms with Crippen molar-refractivity contribution in [1.82, 2.24) is 24.9 Å². The molecule has 5 atom stereocenters. The molecule has 5 heteroatoms. The molecule has 0 saturated carbocycles. The van der Waals surface area contributed by atoms with Gasteiger partial charge in [0.2, 0.25) is 0 Å². The molecule has 1 unspecified atom stereocenters. The van der Waals surface area contributed by atoms with Crippen molar-refractivity contribution in [1.29, 1.82) is 0 Å². The van der Waals surface area contributed by atoms with Crippen molar-refractivity contribution in [2.24, 2.45) is 11.8 Å². The summed E-state index contributed by atoms with van der Waals surface area (Å²) in [5, 5.41) is 10.3. The molecular weight excluding hydrogens is 358 g/mol. The molecule has 3 aliphatic heterocycles. The second kappa shape index (κ2) is 7.71. The van der Waals surface area contributed by atoms with E-state index in [1.54, 1.807) is 0 Å². The first kappa shape index (κ1) is 18.5. The molecule has 0 radical (unpaired) electrons. The molecule has 6 rings (SSSR count). The van der Waals surface area contributed by atoms with Crippen LogP contribution in [0, 0.1) is 11.8 Å². The molecule has 2 aromatic heterocycles. The fourth-order valence-electron chi connectivity index (χ4n) is 5.43. The Hall–Kier alpha value is -2.53. The zero-order valence-electron chi connectivity index (χ0n) is 17.1. The molecule has 1 aromatic carbocycles. The monoisotopic (exact) mass is 387 g/mol. The lowest BCUT2D eigenvalue weighted by Gasteiger charge is -2.51. The molecule has 29 heavy (non-hydrogen) atoms. The van der Waals surface area contributed by atoms with Gasteiger partial charge in [-0.05, 0) is 55.3 Å². The molecular formula is C24H29N5. The molecule has 0 amide bonds. The summed E-state index contributed by atoms with van der Waals surface area (Å²) in [6, 6.07) is 11.2. The SMILES string of the molecule is C=C[C@H]1CN2CC[C@H]1C[C@H]2[C@H](c1ccnc2ccccc12)n1cc(CCC)nn1. The zero-order valence-corrected chi connectivity index (χ0v) is 17.1. The summed E-state index contributed by atoms with van der Waals surface area (Å²) in [5.74, 6) is 1.33. The van der Waals surface area contributed by atoms with E-state index in [1.807, 2.05) is 6.20 Å². The summed E-state index contributed by atoms with van der Waals surface area (Å²) < 4.78 is 2.13. The highest BCUT2D eigenvalue weighted by Gasteiger charge is 2.43. The summed E-state index contributed by atoms with van der Waals surface area (Å²) in [4.78, 5) is 7.26. The van der Waals surface area contributed by atoms with E-state index >= 15 is 0 Å². The van der Waals surface area contributed by atoms with Crippen molar-refractivity contribution < 1.29 is 0 Å². The van der Waals surface area contributed by atoms with E-state index in [0.29, 0.717) is 12.0 Å². The van der Waals surface area contributed by atoms with Crippen LogP contribution >= 0.6 is 0 Å². The van der Waals surface area contributed by atoms with E-state index < -0.39 is 0 Å². The first-order valence-corrected chi connectivity index (χ1v) is 10.9. The van der Waals surface area contributed by atoms with Gasteiger partial charge in [0.25, 0.3) is 0 Å². The van der Waals surface area contributed by atoms with Crippen LogP contribution in [-0.2, 0) is 6.42 Å². The van der Waals surface area contributed by atoms with Crippen molar-refractivity contribution in [2.45, 2.75) is 44.7 Å². The first-order valence-electron chi connectivity index (χ1n) is 10.9. The van der Waals surface area contributed by atoms with Crippen molar-refractivity contribution in [3.05, 3.63) is 66.6 Å². The van der Waals surface area contributed by atoms with E-state index in [1.165, 1.54) is 23.8 Å². The molecule has 5 heterocycles. The third-order valence-electron chi connectivity index (χ3n) is 6.87. The van der Waals surface area contributed by atoms with Crippen LogP contribution in [0.15, 0.2) is 55.4 Å². The van der Waals surface area contributed by atoms with Crippen LogP contribution in [0.1, 0.15) is 43.5 Å². The van der Waals surface area contributed by atoms with Gasteiger partial charge in [-0.25, -0.2) is 4.68 Å². The Balaban J connectivity index is 1.61. The largest absolute Gasteiger partial charge is 0.297 e. The zero-order chi connectivity index (χ0) is 19.8. The van der Waals surface area contributed by atoms with Gasteiger partial charge in [-0.3, -0.25) is 9.88 Å². The lowest BCUT2D eigenvalue weighted by molar-refractivity contribution is -0.000128. The fourth-order valence-corrected chi connectivity index (χ4v) is 5.43. The van der Waals surface area contributed by atoms with Gasteiger partial charge in [-0.2, -0.15) is 0 Å². The van der Waals surface area contributed by atoms with Crippen molar-refractivity contribution >= 4 is 10.9 Å². The van der Waals surface area contributed by atoms with E-state index in [4.69, 9.17) is 0 Å². The summed E-state index contributed by atoms with van der Waals surface area (Å²) in [6.07, 6.45) is 10.8. The number of benzene rings is 1. The van der Waals surface area contributed by atoms with E-state index in [0.717, 1.165) is 43.1 Å². The Kier molecular flexibility index (Phi) is 4.92. The van der Waals surface area contributed by atoms with Crippen LogP contribution in [-0.4, -0.2) is 44.0 Å². The molecule has 0 aliphatic carbocycles. The number of fused-ring (bicyclic) bond motifs is 4. The number of hydrogen-bond acceptors (Lipinski definition) is 4. The van der Waals surface area contributed by atoms with Crippen LogP contribution in [0.25, 0.3) is 10.9 Å². The van der Waals surface area contributed by atoms with E-state index in [2.05, 4.69) is 81.0 Å². The second-order valence-electron chi connectivity index (χ2n) is 8.55. The molecule has 3 saturated heterocycles. The second-order valence-corrected chi connectivity index (χ2v) is 8.55. The molecule has 3 aliphatic rings. The summed E-state index contributed by atoms with van der Waals surface area (Å²) >= 11 is 0. The number of aryl methyl sites for hydroxylation is 1. The number of rotatable bonds is 6. The standard InChI is InChI=1S/C24H29N5/c1-3-7-19-16-29(27-26-19)24(21-10-12-25-22-9-6-5-8-20(21)22)23-14-18-11-13-28(23)15-17(18)4-2/h4-6,8-10,12,16-18,23-24H,2-3,7,11,13-15H2,1H3/t17-,18-,23-,24-/m0/s1. The molecule has 0 N–H and O–H groups in total. The van der Waals surface area contributed by atoms with Crippen LogP contribution in [0.2, 0.25) is 0 Å². The van der Waals surface area contributed by atoms with Crippen molar-refractivity contribution in [3.63, 3.8) is 0 Å². The van der Waals surface area contributed by atoms with Gasteiger partial charge < -0.3 is 0 Å². The molecule has 3 fully saturated rings. The Morgan fingerprint density at radius 3 is 2.97 bits per heavy atom. The number of hydrogen-bond donors (Lipinski definition) is 0. The quantitative estimate of drug-likeness (QED) is 0.593. The third kappa shape index (κ3) is 3.27. The maximum atomic E-state index is 4.62. The molecule has 2 bridgehead atoms. The van der Waals surface area contributed by atoms with Crippen LogP contribution in [0.3, 0.4) is 0 Å². The van der Waals surface area contributed by atoms with Crippen molar-refractivity contribution in [3.8, 4) is 0 Å². The van der Waals surface area contributed by atoms with Crippen molar-refractivity contribution in [2.75, 3.05) is 13.1 Å². The number of aromatic nitrogens is 4. The average Bonchev–Trinajstić information content (AvgIpc) is 3.23. The maximum absolute atomic E-state index is 4.62. The molecule has 150 valence electrons. The lowest BCUT2D eigenvalue weighted by atomic mass is 9.73. The van der Waals surface area contributed by atoms with Gasteiger partial charge in [0.05, 0.1) is 17.3 Å². The third-order valence-corrected chi connectivity index (χ3v) is 6.87. The number of nitrogens with zero attached hydrogens (tertiary/aromatic N) is 5. The topological polar surface area (TPSA) is 46.8 Å². The number of para-hydroxylation sites is 1. The predicted molar refractivity (Wildman–Crippen MR) is 116 cm³/mol. The van der Waals surface area contributed by atoms with Gasteiger partial charge in [0, 0.05) is 30.4 Å². The van der Waals surface area contributed by atoms with E-state index in [-0.39, 0.29) is 6.04 Å².